The highest BCUT2D eigenvalue weighted by molar-refractivity contribution is 5.93. The van der Waals surface area contributed by atoms with Crippen molar-refractivity contribution >= 4 is 34.4 Å². The summed E-state index contributed by atoms with van der Waals surface area (Å²) in [4.78, 5) is 56.9. The van der Waals surface area contributed by atoms with E-state index in [0.717, 1.165) is 95.1 Å². The number of anilines is 1. The molecule has 8 N–H and O–H groups in total. The molecule has 0 spiro atoms. The summed E-state index contributed by atoms with van der Waals surface area (Å²) in [7, 11) is 0. The molecule has 0 radical (unpaired) electrons. The Balaban J connectivity index is 0.697. The Bertz CT molecular complexity index is 2900. The van der Waals surface area contributed by atoms with E-state index in [9.17, 15) is 54.9 Å². The van der Waals surface area contributed by atoms with Gasteiger partial charge < -0.3 is 74.4 Å². The fourth-order valence-electron chi connectivity index (χ4n) is 19.0. The van der Waals surface area contributed by atoms with Crippen LogP contribution in [0.1, 0.15) is 161 Å². The van der Waals surface area contributed by atoms with Gasteiger partial charge in [-0.05, 0) is 162 Å². The lowest BCUT2D eigenvalue weighted by molar-refractivity contribution is -0.366. The van der Waals surface area contributed by atoms with Crippen LogP contribution in [0.5, 0.6) is 0 Å². The zero-order valence-corrected chi connectivity index (χ0v) is 50.1. The summed E-state index contributed by atoms with van der Waals surface area (Å²) in [5.41, 5.74) is -0.582. The molecule has 0 unspecified atom stereocenters. The maximum absolute atomic E-state index is 15.7. The van der Waals surface area contributed by atoms with Crippen molar-refractivity contribution in [3.05, 3.63) is 52.1 Å². The minimum Gasteiger partial charge on any atom is -0.477 e. The molecular formula is C64H93FN4O15. The molecular weight excluding hydrogens is 1080 g/mol. The number of carboxylic acid groups (broad SMARTS) is 1. The number of carboxylic acids is 1. The molecule has 6 saturated carbocycles. The fraction of sp³-hybridized carbons (Fsp3) is 0.781. The summed E-state index contributed by atoms with van der Waals surface area (Å²) in [6.45, 7) is 19.6. The average Bonchev–Trinajstić information content (AvgIpc) is 1.26. The molecule has 6 aliphatic carbocycles. The number of carbonyl (C=O) groups excluding carboxylic acids is 2. The number of carbonyl (C=O) groups is 3. The Kier molecular flexibility index (Phi) is 16.9. The van der Waals surface area contributed by atoms with Gasteiger partial charge in [0.15, 0.2) is 12.6 Å². The number of rotatable bonds is 16. The molecule has 466 valence electrons. The lowest BCUT2D eigenvalue weighted by atomic mass is 9.32. The van der Waals surface area contributed by atoms with Crippen molar-refractivity contribution in [2.75, 3.05) is 50.8 Å². The monoisotopic (exact) mass is 1180 g/mol. The third-order valence-electron chi connectivity index (χ3n) is 24.0. The van der Waals surface area contributed by atoms with Gasteiger partial charge in [0.1, 0.15) is 48.0 Å². The van der Waals surface area contributed by atoms with Gasteiger partial charge in [0.05, 0.1) is 42.0 Å². The van der Waals surface area contributed by atoms with Gasteiger partial charge in [-0.25, -0.2) is 9.18 Å². The van der Waals surface area contributed by atoms with Crippen LogP contribution in [0.25, 0.3) is 10.9 Å². The molecule has 11 rings (SSSR count). The van der Waals surface area contributed by atoms with Crippen LogP contribution in [0.3, 0.4) is 0 Å². The van der Waals surface area contributed by atoms with E-state index in [1.165, 1.54) is 13.1 Å². The zero-order chi connectivity index (χ0) is 60.2. The lowest BCUT2D eigenvalue weighted by Crippen LogP contribution is -2.68. The van der Waals surface area contributed by atoms with Crippen molar-refractivity contribution in [1.29, 1.82) is 0 Å². The first kappa shape index (κ1) is 61.6. The maximum Gasteiger partial charge on any atom is 0.341 e. The summed E-state index contributed by atoms with van der Waals surface area (Å²) in [6.07, 6.45) is 1.62. The number of hydrogen-bond donors (Lipinski definition) is 8. The van der Waals surface area contributed by atoms with Gasteiger partial charge in [0.25, 0.3) is 0 Å². The summed E-state index contributed by atoms with van der Waals surface area (Å²) < 4.78 is 42.1. The van der Waals surface area contributed by atoms with Crippen LogP contribution in [-0.2, 0) is 28.5 Å². The van der Waals surface area contributed by atoms with Gasteiger partial charge >= 0.3 is 5.97 Å². The number of hydrogen-bond acceptors (Lipinski definition) is 15. The van der Waals surface area contributed by atoms with Crippen LogP contribution in [-0.4, -0.2) is 170 Å². The molecule has 1 aromatic carbocycles. The largest absolute Gasteiger partial charge is 0.477 e. The number of ether oxygens (including phenoxy) is 4. The van der Waals surface area contributed by atoms with Gasteiger partial charge in [0.2, 0.25) is 17.2 Å². The van der Waals surface area contributed by atoms with Gasteiger partial charge in [-0.2, -0.15) is 0 Å². The van der Waals surface area contributed by atoms with Crippen LogP contribution < -0.4 is 15.6 Å². The molecule has 1 aromatic heterocycles. The molecule has 3 aliphatic heterocycles. The zero-order valence-electron chi connectivity index (χ0n) is 50.1. The van der Waals surface area contributed by atoms with Crippen molar-refractivity contribution in [1.82, 2.24) is 14.8 Å². The Morgan fingerprint density at radius 2 is 1.55 bits per heavy atom. The summed E-state index contributed by atoms with van der Waals surface area (Å²) >= 11 is 0. The quantitative estimate of drug-likeness (QED) is 0.0560. The first-order chi connectivity index (χ1) is 39.8. The van der Waals surface area contributed by atoms with Crippen molar-refractivity contribution in [3.8, 4) is 0 Å². The van der Waals surface area contributed by atoms with Crippen LogP contribution >= 0.6 is 0 Å². The number of unbranched alkanes of at least 4 members (excludes halogenated alkanes) is 2. The summed E-state index contributed by atoms with van der Waals surface area (Å²) in [5, 5.41) is 78.3. The van der Waals surface area contributed by atoms with Crippen molar-refractivity contribution in [2.45, 2.75) is 212 Å². The topological polar surface area (TPSA) is 270 Å². The molecule has 9 aliphatic rings. The smallest absolute Gasteiger partial charge is 0.341 e. The number of allylic oxidation sites excluding steroid dienone is 1. The second-order valence-electron chi connectivity index (χ2n) is 28.3. The number of fused-ring (bicyclic) bond motifs is 8. The Morgan fingerprint density at radius 1 is 0.810 bits per heavy atom. The van der Waals surface area contributed by atoms with Crippen molar-refractivity contribution in [3.63, 3.8) is 0 Å². The minimum absolute atomic E-state index is 0.0447. The molecule has 9 fully saturated rings. The van der Waals surface area contributed by atoms with Gasteiger partial charge in [-0.15, -0.1) is 0 Å². The highest BCUT2D eigenvalue weighted by Crippen LogP contribution is 2.78. The maximum atomic E-state index is 15.7. The number of aromatic nitrogens is 1. The second-order valence-corrected chi connectivity index (χ2v) is 28.3. The predicted molar refractivity (Wildman–Crippen MR) is 308 cm³/mol. The van der Waals surface area contributed by atoms with E-state index in [1.807, 2.05) is 9.80 Å². The number of pyridine rings is 1. The third kappa shape index (κ3) is 10.2. The molecule has 20 heteroatoms. The number of aliphatic hydroxyl groups is 6. The van der Waals surface area contributed by atoms with E-state index in [2.05, 4.69) is 46.5 Å². The third-order valence-corrected chi connectivity index (χ3v) is 24.0. The van der Waals surface area contributed by atoms with Gasteiger partial charge in [-0.1, -0.05) is 46.3 Å². The lowest BCUT2D eigenvalue weighted by Gasteiger charge is -2.73. The highest BCUT2D eigenvalue weighted by Gasteiger charge is 2.72. The second kappa shape index (κ2) is 23.1. The first-order valence-electron chi connectivity index (χ1n) is 31.5. The number of piperazine rings is 1. The normalized spacial score (nSPS) is 42.1. The molecule has 4 heterocycles. The number of aromatic carboxylic acids is 1. The average molecular weight is 1180 g/mol. The van der Waals surface area contributed by atoms with Gasteiger partial charge in [-0.3, -0.25) is 14.4 Å². The fourth-order valence-corrected chi connectivity index (χ4v) is 19.0. The van der Waals surface area contributed by atoms with Crippen LogP contribution in [0.4, 0.5) is 10.1 Å². The predicted octanol–water partition coefficient (Wildman–Crippen LogP) is 5.80. The van der Waals surface area contributed by atoms with Crippen LogP contribution in [0.15, 0.2) is 35.3 Å². The summed E-state index contributed by atoms with van der Waals surface area (Å²) in [6, 6.07) is 2.87. The number of nitrogens with zero attached hydrogens (tertiary/aromatic N) is 3. The molecule has 2 aromatic rings. The number of amides is 2. The highest BCUT2D eigenvalue weighted by atomic mass is 19.1. The first-order valence-corrected chi connectivity index (χ1v) is 31.5. The molecule has 20 atom stereocenters. The Hall–Kier alpha value is -4.09. The molecule has 2 amide bonds. The molecule has 0 bridgehead atoms. The number of halogens is 1. The molecule has 84 heavy (non-hydrogen) atoms. The SMILES string of the molecule is C=C(C)[C@@H]1CC[C@]2(C(=O)NCCCCCC(=O)N3CCN(c4cc5c(cc4F)c(=O)c(C(=O)O)cn5C4CC4)CC3)CC[C@]3(C)[C@H](CC[C@@H]4[C@@]5(C)CC[C@H](O[C@@H]6OC[C@H](O)[C@H](O)[C@H]6O[C@@H]6O[C@@H](C)[C@H](O)[C@@H](O)[C@H]6O)[C@@](C)(CO)[C@@H]5CC[C@]43C)[C@@H]12. The standard InChI is InChI=1S/C64H93FN4O15/c1-34(2)37-16-21-64(59(80)66-24-10-8-9-11-48(72)68-27-25-67(26-28-68)43-30-42-38(29-41(43)65)51(74)39(56(78)79)31-69(42)36-12-13-36)23-22-62(6)40(49(37)64)14-15-46-60(4)19-18-47(61(5,33-70)45(60)17-20-63(46,62)7)83-58-55(52(75)44(71)32-81-58)84-57-54(77)53(76)50(73)35(3)82-57/h29-31,35-37,40,44-47,49-50,52-55,57-58,70-71,73,75-77H,1,8-28,32-33H2,2-7H3,(H,66,80)(H,78,79)/t35-,37-,40+,44-,45+,46+,47-,49+,50-,52-,53+,54+,55+,57-,58-,60-,61-,62+,63+,64-/m0/s1. The van der Waals surface area contributed by atoms with Crippen LogP contribution in [0, 0.1) is 62.5 Å². The van der Waals surface area contributed by atoms with E-state index in [4.69, 9.17) is 18.9 Å². The Labute approximate surface area is 492 Å². The number of nitrogens with one attached hydrogen (secondary N) is 1. The van der Waals surface area contributed by atoms with Crippen LogP contribution in [0.2, 0.25) is 0 Å². The van der Waals surface area contributed by atoms with Gasteiger partial charge in [0, 0.05) is 62.2 Å². The molecule has 19 nitrogen and oxygen atoms in total. The van der Waals surface area contributed by atoms with E-state index < -0.39 is 89.5 Å². The number of benzene rings is 1. The van der Waals surface area contributed by atoms with E-state index in [-0.39, 0.29) is 76.0 Å². The molecule has 3 saturated heterocycles. The summed E-state index contributed by atoms with van der Waals surface area (Å²) in [5.74, 6) is -0.628. The number of aliphatic hydroxyl groups excluding tert-OH is 6. The van der Waals surface area contributed by atoms with Crippen molar-refractivity contribution < 1.29 is 73.5 Å². The Morgan fingerprint density at radius 3 is 2.24 bits per heavy atom. The van der Waals surface area contributed by atoms with E-state index in [1.54, 1.807) is 10.6 Å². The van der Waals surface area contributed by atoms with E-state index in [0.29, 0.717) is 75.0 Å². The van der Waals surface area contributed by atoms with E-state index >= 15 is 4.39 Å². The van der Waals surface area contributed by atoms with Crippen molar-refractivity contribution in [2.24, 2.45) is 56.7 Å². The minimum atomic E-state index is -1.65.